The Morgan fingerprint density at radius 3 is 2.65 bits per heavy atom. The van der Waals surface area contributed by atoms with Crippen molar-refractivity contribution in [3.05, 3.63) is 36.0 Å². The minimum Gasteiger partial charge on any atom is -0.467 e. The fourth-order valence-corrected chi connectivity index (χ4v) is 2.12. The molecule has 0 aliphatic heterocycles. The number of methoxy groups -OCH3 is 1. The fraction of sp³-hybridized carbons (Fsp3) is 0.333. The number of amides is 1. The van der Waals surface area contributed by atoms with Crippen LogP contribution in [-0.2, 0) is 9.53 Å². The first kappa shape index (κ1) is 14.1. The number of ether oxygens (including phenoxy) is 1. The molecule has 2 N–H and O–H groups in total. The second kappa shape index (κ2) is 5.77. The Labute approximate surface area is 117 Å². The van der Waals surface area contributed by atoms with Crippen LogP contribution in [0.3, 0.4) is 0 Å². The van der Waals surface area contributed by atoms with Crippen LogP contribution in [0, 0.1) is 5.92 Å². The van der Waals surface area contributed by atoms with Crippen molar-refractivity contribution < 1.29 is 14.3 Å². The van der Waals surface area contributed by atoms with Crippen molar-refractivity contribution in [2.24, 2.45) is 5.92 Å². The van der Waals surface area contributed by atoms with E-state index in [1.54, 1.807) is 12.3 Å². The van der Waals surface area contributed by atoms with Gasteiger partial charge in [-0.05, 0) is 18.1 Å². The maximum atomic E-state index is 12.4. The second-order valence-electron chi connectivity index (χ2n) is 4.97. The number of carbonyl (C=O) groups excluding carboxylic acids is 2. The van der Waals surface area contributed by atoms with Gasteiger partial charge >= 0.3 is 5.97 Å². The highest BCUT2D eigenvalue weighted by Crippen LogP contribution is 2.17. The molecular weight excluding hydrogens is 256 g/mol. The molecule has 0 radical (unpaired) electrons. The molecule has 2 aromatic rings. The molecule has 0 aliphatic carbocycles. The summed E-state index contributed by atoms with van der Waals surface area (Å²) in [5.41, 5.74) is 1.28. The number of para-hydroxylation sites is 1. The molecule has 0 saturated heterocycles. The maximum Gasteiger partial charge on any atom is 0.328 e. The highest BCUT2D eigenvalue weighted by Gasteiger charge is 2.26. The summed E-state index contributed by atoms with van der Waals surface area (Å²) in [5, 5.41) is 3.69. The zero-order chi connectivity index (χ0) is 14.7. The van der Waals surface area contributed by atoms with E-state index in [0.29, 0.717) is 5.56 Å². The van der Waals surface area contributed by atoms with E-state index in [-0.39, 0.29) is 11.8 Å². The van der Waals surface area contributed by atoms with Crippen LogP contribution in [0.5, 0.6) is 0 Å². The molecule has 2 rings (SSSR count). The van der Waals surface area contributed by atoms with Crippen LogP contribution >= 0.6 is 0 Å². The largest absolute Gasteiger partial charge is 0.467 e. The lowest BCUT2D eigenvalue weighted by atomic mass is 10.0. The number of hydrogen-bond donors (Lipinski definition) is 2. The van der Waals surface area contributed by atoms with Crippen LogP contribution in [0.4, 0.5) is 0 Å². The van der Waals surface area contributed by atoms with Crippen molar-refractivity contribution in [3.63, 3.8) is 0 Å². The molecule has 1 amide bonds. The molecule has 0 saturated carbocycles. The number of benzene rings is 1. The normalized spacial score (nSPS) is 12.4. The minimum atomic E-state index is -0.655. The smallest absolute Gasteiger partial charge is 0.328 e. The third-order valence-electron chi connectivity index (χ3n) is 3.24. The van der Waals surface area contributed by atoms with E-state index in [4.69, 9.17) is 4.74 Å². The van der Waals surface area contributed by atoms with Gasteiger partial charge in [0.25, 0.3) is 5.91 Å². The molecule has 1 unspecified atom stereocenters. The summed E-state index contributed by atoms with van der Waals surface area (Å²) in [6.45, 7) is 3.72. The molecule has 5 heteroatoms. The number of hydrogen-bond acceptors (Lipinski definition) is 3. The average Bonchev–Trinajstić information content (AvgIpc) is 2.91. The summed E-state index contributed by atoms with van der Waals surface area (Å²) >= 11 is 0. The van der Waals surface area contributed by atoms with Crippen molar-refractivity contribution in [1.82, 2.24) is 10.3 Å². The molecule has 106 valence electrons. The number of aromatic nitrogens is 1. The number of fused-ring (bicyclic) bond motifs is 1. The maximum absolute atomic E-state index is 12.4. The summed E-state index contributed by atoms with van der Waals surface area (Å²) in [7, 11) is 1.32. The molecule has 1 aromatic heterocycles. The summed E-state index contributed by atoms with van der Waals surface area (Å²) < 4.78 is 4.72. The number of H-pyrrole nitrogens is 1. The Hall–Kier alpha value is -2.30. The Morgan fingerprint density at radius 2 is 2.00 bits per heavy atom. The predicted octanol–water partition coefficient (Wildman–Crippen LogP) is 2.10. The Morgan fingerprint density at radius 1 is 1.25 bits per heavy atom. The van der Waals surface area contributed by atoms with Crippen LogP contribution in [0.1, 0.15) is 24.2 Å². The molecule has 0 fully saturated rings. The van der Waals surface area contributed by atoms with Crippen molar-refractivity contribution in [1.29, 1.82) is 0 Å². The van der Waals surface area contributed by atoms with Gasteiger partial charge in [-0.1, -0.05) is 26.0 Å². The van der Waals surface area contributed by atoms with Gasteiger partial charge in [0.1, 0.15) is 6.04 Å². The highest BCUT2D eigenvalue weighted by atomic mass is 16.5. The van der Waals surface area contributed by atoms with Gasteiger partial charge in [-0.2, -0.15) is 0 Å². The molecule has 20 heavy (non-hydrogen) atoms. The topological polar surface area (TPSA) is 71.2 Å². The summed E-state index contributed by atoms with van der Waals surface area (Å²) in [5.74, 6) is -0.775. The van der Waals surface area contributed by atoms with Gasteiger partial charge in [-0.15, -0.1) is 0 Å². The lowest BCUT2D eigenvalue weighted by molar-refractivity contribution is -0.144. The number of nitrogens with one attached hydrogen (secondary N) is 2. The first-order valence-electron chi connectivity index (χ1n) is 6.49. The van der Waals surface area contributed by atoms with Crippen molar-refractivity contribution in [2.45, 2.75) is 19.9 Å². The van der Waals surface area contributed by atoms with Gasteiger partial charge in [0.2, 0.25) is 0 Å². The minimum absolute atomic E-state index is 0.0470. The van der Waals surface area contributed by atoms with Gasteiger partial charge in [0.15, 0.2) is 0 Å². The van der Waals surface area contributed by atoms with Gasteiger partial charge in [-0.3, -0.25) is 4.79 Å². The molecule has 0 aliphatic rings. The van der Waals surface area contributed by atoms with Gasteiger partial charge in [0, 0.05) is 11.6 Å². The molecule has 5 nitrogen and oxygen atoms in total. The fourth-order valence-electron chi connectivity index (χ4n) is 2.12. The van der Waals surface area contributed by atoms with Crippen molar-refractivity contribution >= 4 is 22.8 Å². The summed E-state index contributed by atoms with van der Waals surface area (Å²) in [4.78, 5) is 27.1. The first-order chi connectivity index (χ1) is 9.54. The van der Waals surface area contributed by atoms with Crippen molar-refractivity contribution in [2.75, 3.05) is 7.11 Å². The average molecular weight is 274 g/mol. The number of aromatic amines is 1. The van der Waals surface area contributed by atoms with Gasteiger partial charge < -0.3 is 15.0 Å². The lowest BCUT2D eigenvalue weighted by Crippen LogP contribution is -2.45. The van der Waals surface area contributed by atoms with Crippen molar-refractivity contribution in [3.8, 4) is 0 Å². The number of esters is 1. The van der Waals surface area contributed by atoms with E-state index in [1.165, 1.54) is 7.11 Å². The quantitative estimate of drug-likeness (QED) is 0.839. The van der Waals surface area contributed by atoms with Crippen LogP contribution in [0.2, 0.25) is 0 Å². The third kappa shape index (κ3) is 2.66. The Bertz CT molecular complexity index is 631. The summed E-state index contributed by atoms with van der Waals surface area (Å²) in [6.07, 6.45) is 1.78. The van der Waals surface area contributed by atoms with Gasteiger partial charge in [0.05, 0.1) is 18.2 Å². The molecule has 0 spiro atoms. The molecule has 1 aromatic carbocycles. The summed E-state index contributed by atoms with van der Waals surface area (Å²) in [6, 6.07) is 6.70. The molecule has 1 heterocycles. The first-order valence-corrected chi connectivity index (χ1v) is 6.49. The number of carbonyl (C=O) groups is 2. The van der Waals surface area contributed by atoms with E-state index in [2.05, 4.69) is 10.3 Å². The van der Waals surface area contributed by atoms with E-state index in [9.17, 15) is 9.59 Å². The predicted molar refractivity (Wildman–Crippen MR) is 76.4 cm³/mol. The Kier molecular flexibility index (Phi) is 4.08. The third-order valence-corrected chi connectivity index (χ3v) is 3.24. The molecule has 1 atom stereocenters. The Balaban J connectivity index is 2.27. The van der Waals surface area contributed by atoms with E-state index >= 15 is 0 Å². The van der Waals surface area contributed by atoms with Crippen LogP contribution < -0.4 is 5.32 Å². The lowest BCUT2D eigenvalue weighted by Gasteiger charge is -2.19. The number of rotatable bonds is 4. The molecule has 0 bridgehead atoms. The zero-order valence-corrected chi connectivity index (χ0v) is 11.8. The highest BCUT2D eigenvalue weighted by molar-refractivity contribution is 6.06. The van der Waals surface area contributed by atoms with Crippen LogP contribution in [0.25, 0.3) is 10.9 Å². The van der Waals surface area contributed by atoms with Gasteiger partial charge in [-0.25, -0.2) is 4.79 Å². The van der Waals surface area contributed by atoms with E-state index < -0.39 is 12.0 Å². The molecular formula is C15H18N2O3. The zero-order valence-electron chi connectivity index (χ0n) is 11.8. The SMILES string of the molecule is COC(=O)C(NC(=O)c1cccc2cc[nH]c12)C(C)C. The van der Waals surface area contributed by atoms with E-state index in [1.807, 2.05) is 32.0 Å². The van der Waals surface area contributed by atoms with Crippen LogP contribution in [-0.4, -0.2) is 30.0 Å². The monoisotopic (exact) mass is 274 g/mol. The van der Waals surface area contributed by atoms with Crippen LogP contribution in [0.15, 0.2) is 30.5 Å². The van der Waals surface area contributed by atoms with E-state index in [0.717, 1.165) is 10.9 Å². The standard InChI is InChI=1S/C15H18N2O3/c1-9(2)12(15(19)20-3)17-14(18)11-6-4-5-10-7-8-16-13(10)11/h4-9,12,16H,1-3H3,(H,17,18). The second-order valence-corrected chi connectivity index (χ2v) is 4.97.